The maximum atomic E-state index is 13.4. The Labute approximate surface area is 227 Å². The van der Waals surface area contributed by atoms with Crippen molar-refractivity contribution in [3.63, 3.8) is 0 Å². The number of rotatable bonds is 6. The number of nitriles is 1. The van der Waals surface area contributed by atoms with E-state index in [0.717, 1.165) is 26.8 Å². The molecular formula is C27H20ClN3O4S2. The van der Waals surface area contributed by atoms with Crippen LogP contribution in [0.3, 0.4) is 0 Å². The average Bonchev–Trinajstić information content (AvgIpc) is 3.13. The average molecular weight is 550 g/mol. The Hall–Kier alpha value is -3.71. The van der Waals surface area contributed by atoms with Crippen LogP contribution in [0.25, 0.3) is 6.08 Å². The second-order valence-corrected chi connectivity index (χ2v) is 10.4. The summed E-state index contributed by atoms with van der Waals surface area (Å²) < 4.78 is 1.21. The van der Waals surface area contributed by atoms with Gasteiger partial charge in [-0.05, 0) is 48.7 Å². The number of pyridine rings is 1. The zero-order chi connectivity index (χ0) is 26.9. The molecule has 0 radical (unpaired) electrons. The molecule has 0 aliphatic carbocycles. The molecule has 7 nitrogen and oxygen atoms in total. The molecule has 1 N–H and O–H groups in total. The van der Waals surface area contributed by atoms with Crippen LogP contribution in [0.15, 0.2) is 64.3 Å². The molecule has 1 aromatic heterocycles. The number of thiocarbonyl (C=S) groups is 1. The molecule has 1 fully saturated rings. The molecule has 1 atom stereocenters. The van der Waals surface area contributed by atoms with Crippen LogP contribution in [0, 0.1) is 18.3 Å². The predicted octanol–water partition coefficient (Wildman–Crippen LogP) is 5.08. The normalized spacial score (nSPS) is 15.2. The smallest absolute Gasteiger partial charge is 0.272 e. The number of carbonyl (C=O) groups is 2. The second kappa shape index (κ2) is 10.7. The number of Topliss-reactive ketones (excluding diaryl/α,β-unsaturated/α-hetero) is 1. The van der Waals surface area contributed by atoms with E-state index >= 15 is 0 Å². The summed E-state index contributed by atoms with van der Waals surface area (Å²) in [5.41, 5.74) is 0.336. The topological polar surface area (TPSA) is 103 Å². The number of benzene rings is 2. The number of hydrogen-bond donors (Lipinski definition) is 1. The minimum atomic E-state index is -0.707. The first kappa shape index (κ1) is 26.4. The van der Waals surface area contributed by atoms with E-state index < -0.39 is 35.7 Å². The highest BCUT2D eigenvalue weighted by atomic mass is 35.5. The van der Waals surface area contributed by atoms with Gasteiger partial charge in [0.05, 0.1) is 23.1 Å². The number of amides is 1. The molecule has 10 heteroatoms. The Morgan fingerprint density at radius 3 is 2.46 bits per heavy atom. The lowest BCUT2D eigenvalue weighted by Gasteiger charge is -2.22. The molecule has 186 valence electrons. The van der Waals surface area contributed by atoms with Crippen LogP contribution in [-0.2, 0) is 4.79 Å². The molecule has 0 spiro atoms. The van der Waals surface area contributed by atoms with Gasteiger partial charge in [0.15, 0.2) is 5.78 Å². The van der Waals surface area contributed by atoms with E-state index in [1.165, 1.54) is 6.92 Å². The van der Waals surface area contributed by atoms with Crippen molar-refractivity contribution in [3.05, 3.63) is 103 Å². The molecule has 1 aliphatic heterocycles. The third-order valence-corrected chi connectivity index (χ3v) is 7.67. The van der Waals surface area contributed by atoms with Gasteiger partial charge in [-0.2, -0.15) is 5.26 Å². The lowest BCUT2D eigenvalue weighted by molar-refractivity contribution is -0.121. The van der Waals surface area contributed by atoms with Gasteiger partial charge in [0.25, 0.3) is 11.5 Å². The lowest BCUT2D eigenvalue weighted by Crippen LogP contribution is -2.35. The summed E-state index contributed by atoms with van der Waals surface area (Å²) >= 11 is 12.3. The number of nitrogens with zero attached hydrogens (tertiary/aromatic N) is 3. The third-order valence-electron chi connectivity index (χ3n) is 6.04. The molecular weight excluding hydrogens is 530 g/mol. The fourth-order valence-electron chi connectivity index (χ4n) is 4.06. The molecule has 37 heavy (non-hydrogen) atoms. The minimum Gasteiger partial charge on any atom is -0.494 e. The Kier molecular flexibility index (Phi) is 7.64. The highest BCUT2D eigenvalue weighted by molar-refractivity contribution is 8.26. The van der Waals surface area contributed by atoms with Gasteiger partial charge in [0, 0.05) is 5.02 Å². The van der Waals surface area contributed by atoms with E-state index in [0.29, 0.717) is 15.5 Å². The second-order valence-electron chi connectivity index (χ2n) is 8.31. The first-order chi connectivity index (χ1) is 17.6. The zero-order valence-electron chi connectivity index (χ0n) is 19.8. The lowest BCUT2D eigenvalue weighted by atomic mass is 9.99. The molecule has 4 rings (SSSR count). The number of thioether (sulfide) groups is 1. The number of aromatic nitrogens is 1. The number of aromatic hydroxyl groups is 1. The maximum Gasteiger partial charge on any atom is 0.272 e. The summed E-state index contributed by atoms with van der Waals surface area (Å²) in [6.45, 7) is 2.65. The van der Waals surface area contributed by atoms with Crippen molar-refractivity contribution in [2.75, 3.05) is 6.54 Å². The highest BCUT2D eigenvalue weighted by Gasteiger charge is 2.35. The van der Waals surface area contributed by atoms with Crippen molar-refractivity contribution in [1.29, 1.82) is 5.26 Å². The first-order valence-electron chi connectivity index (χ1n) is 11.1. The Morgan fingerprint density at radius 1 is 1.19 bits per heavy atom. The van der Waals surface area contributed by atoms with Gasteiger partial charge in [0.1, 0.15) is 16.0 Å². The number of halogens is 1. The maximum absolute atomic E-state index is 13.4. The molecule has 1 saturated heterocycles. The Balaban J connectivity index is 1.70. The Bertz CT molecular complexity index is 1560. The quantitative estimate of drug-likeness (QED) is 0.260. The standard InChI is InChI=1S/C27H20ClN3O4S2/c1-15-20(13-29)24(33)31(16(2)18-6-4-3-5-7-18)26(35)23(15)21(32)14-30-25(34)22(37-27(30)36)12-17-8-10-19(28)11-9-17/h3-12,16,35H,14H2,1-2H3/b22-12-. The van der Waals surface area contributed by atoms with E-state index in [1.807, 2.05) is 12.1 Å². The number of ketones is 1. The van der Waals surface area contributed by atoms with Gasteiger partial charge < -0.3 is 5.11 Å². The molecule has 1 unspecified atom stereocenters. The van der Waals surface area contributed by atoms with Crippen LogP contribution in [0.2, 0.25) is 5.02 Å². The summed E-state index contributed by atoms with van der Waals surface area (Å²) in [5.74, 6) is -1.67. The van der Waals surface area contributed by atoms with Crippen LogP contribution in [0.5, 0.6) is 5.88 Å². The van der Waals surface area contributed by atoms with Gasteiger partial charge in [-0.15, -0.1) is 0 Å². The zero-order valence-corrected chi connectivity index (χ0v) is 22.2. The van der Waals surface area contributed by atoms with Crippen LogP contribution in [0.1, 0.15) is 45.6 Å². The molecule has 1 aliphatic rings. The summed E-state index contributed by atoms with van der Waals surface area (Å²) in [6, 6.07) is 17.0. The monoisotopic (exact) mass is 549 g/mol. The van der Waals surface area contributed by atoms with Crippen LogP contribution in [-0.4, -0.2) is 37.1 Å². The van der Waals surface area contributed by atoms with Crippen molar-refractivity contribution in [2.45, 2.75) is 19.9 Å². The van der Waals surface area contributed by atoms with E-state index in [1.54, 1.807) is 61.5 Å². The largest absolute Gasteiger partial charge is 0.494 e. The van der Waals surface area contributed by atoms with Crippen LogP contribution in [0.4, 0.5) is 0 Å². The number of hydrogen-bond acceptors (Lipinski definition) is 7. The van der Waals surface area contributed by atoms with E-state index in [-0.39, 0.29) is 21.0 Å². The van der Waals surface area contributed by atoms with E-state index in [2.05, 4.69) is 0 Å². The molecule has 3 aromatic rings. The highest BCUT2D eigenvalue weighted by Crippen LogP contribution is 2.34. The SMILES string of the molecule is Cc1c(C(=O)CN2C(=O)/C(=C/c3ccc(Cl)cc3)SC2=S)c(O)n(C(C)c2ccccc2)c(=O)c1C#N. The van der Waals surface area contributed by atoms with Crippen molar-refractivity contribution >= 4 is 57.7 Å². The molecule has 2 aromatic carbocycles. The summed E-state index contributed by atoms with van der Waals surface area (Å²) in [4.78, 5) is 41.1. The Morgan fingerprint density at radius 2 is 1.84 bits per heavy atom. The molecule has 0 bridgehead atoms. The van der Waals surface area contributed by atoms with Gasteiger partial charge in [-0.3, -0.25) is 23.9 Å². The molecule has 2 heterocycles. The fraction of sp³-hybridized carbons (Fsp3) is 0.148. The van der Waals surface area contributed by atoms with Gasteiger partial charge in [-0.1, -0.05) is 78.0 Å². The number of carbonyl (C=O) groups excluding carboxylic acids is 2. The summed E-state index contributed by atoms with van der Waals surface area (Å²) in [5, 5.41) is 21.3. The van der Waals surface area contributed by atoms with Crippen LogP contribution < -0.4 is 5.56 Å². The molecule has 0 saturated carbocycles. The minimum absolute atomic E-state index is 0.0497. The predicted molar refractivity (Wildman–Crippen MR) is 148 cm³/mol. The van der Waals surface area contributed by atoms with Crippen molar-refractivity contribution in [1.82, 2.24) is 9.47 Å². The van der Waals surface area contributed by atoms with E-state index in [4.69, 9.17) is 23.8 Å². The van der Waals surface area contributed by atoms with E-state index in [9.17, 15) is 24.8 Å². The van der Waals surface area contributed by atoms with Crippen molar-refractivity contribution in [2.24, 2.45) is 0 Å². The van der Waals surface area contributed by atoms with Crippen LogP contribution >= 0.6 is 35.6 Å². The van der Waals surface area contributed by atoms with Gasteiger partial charge in [0.2, 0.25) is 5.88 Å². The third kappa shape index (κ3) is 5.09. The fourth-order valence-corrected chi connectivity index (χ4v) is 5.45. The van der Waals surface area contributed by atoms with Gasteiger partial charge >= 0.3 is 0 Å². The molecule has 1 amide bonds. The van der Waals surface area contributed by atoms with Crippen molar-refractivity contribution < 1.29 is 14.7 Å². The summed E-state index contributed by atoms with van der Waals surface area (Å²) in [7, 11) is 0. The summed E-state index contributed by atoms with van der Waals surface area (Å²) in [6.07, 6.45) is 1.65. The first-order valence-corrected chi connectivity index (χ1v) is 12.7. The van der Waals surface area contributed by atoms with Gasteiger partial charge in [-0.25, -0.2) is 0 Å². The van der Waals surface area contributed by atoms with Crippen molar-refractivity contribution in [3.8, 4) is 11.9 Å².